The number of nitrogens with zero attached hydrogens (tertiary/aromatic N) is 9. The average molecular weight is 831 g/mol. The number of rotatable bonds is 9. The summed E-state index contributed by atoms with van der Waals surface area (Å²) in [7, 11) is 1.56. The molecule has 62 heavy (non-hydrogen) atoms. The number of pyridine rings is 3. The van der Waals surface area contributed by atoms with E-state index in [0.29, 0.717) is 81.7 Å². The van der Waals surface area contributed by atoms with Crippen LogP contribution in [0.25, 0.3) is 22.4 Å². The van der Waals surface area contributed by atoms with Crippen molar-refractivity contribution in [3.63, 3.8) is 0 Å². The molecule has 3 aliphatic rings. The molecule has 3 aliphatic heterocycles. The van der Waals surface area contributed by atoms with Crippen LogP contribution >= 0.6 is 0 Å². The zero-order valence-electron chi connectivity index (χ0n) is 34.2. The zero-order chi connectivity index (χ0) is 43.7. The van der Waals surface area contributed by atoms with E-state index in [0.717, 1.165) is 22.4 Å². The molecule has 8 rings (SSSR count). The minimum absolute atomic E-state index is 0.0716. The van der Waals surface area contributed by atoms with Gasteiger partial charge in [0, 0.05) is 68.9 Å². The lowest BCUT2D eigenvalue weighted by Crippen LogP contribution is -2.25. The second kappa shape index (κ2) is 21.8. The molecule has 3 aromatic heterocycles. The fraction of sp³-hybridized carbons (Fsp3) is 0.283. The summed E-state index contributed by atoms with van der Waals surface area (Å²) in [5, 5.41) is 34.8. The SMILES string of the molecule is COc1ccnc(NC(=O)[C@H]2CCN(C#N)C2)c1.N#CN1CC[C@H](C(=O)Nc2ccc(-c3ccccc3)cn2)C1.N#CN1CC[C@H](C(=O)Nc2cccc(-c3ccccc3)n2)C1. The van der Waals surface area contributed by atoms with Crippen molar-refractivity contribution in [3.8, 4) is 46.7 Å². The largest absolute Gasteiger partial charge is 0.497 e. The molecular weight excluding hydrogens is 785 g/mol. The number of carbonyl (C=O) groups excluding carboxylic acids is 3. The molecule has 0 spiro atoms. The van der Waals surface area contributed by atoms with Gasteiger partial charge in [-0.1, -0.05) is 66.7 Å². The normalized spacial score (nSPS) is 17.4. The number of benzene rings is 2. The molecule has 0 saturated carbocycles. The summed E-state index contributed by atoms with van der Waals surface area (Å²) in [4.78, 5) is 54.0. The minimum Gasteiger partial charge on any atom is -0.497 e. The Morgan fingerprint density at radius 1 is 0.581 bits per heavy atom. The highest BCUT2D eigenvalue weighted by Gasteiger charge is 2.30. The number of hydrogen-bond acceptors (Lipinski definition) is 13. The Balaban J connectivity index is 0.000000156. The van der Waals surface area contributed by atoms with Gasteiger partial charge in [0.05, 0.1) is 30.6 Å². The van der Waals surface area contributed by atoms with Gasteiger partial charge in [-0.25, -0.2) is 15.0 Å². The molecule has 3 fully saturated rings. The van der Waals surface area contributed by atoms with Crippen LogP contribution in [0.1, 0.15) is 19.3 Å². The van der Waals surface area contributed by atoms with Crippen molar-refractivity contribution >= 4 is 35.2 Å². The molecule has 314 valence electrons. The summed E-state index contributed by atoms with van der Waals surface area (Å²) in [6, 6.07) is 32.5. The molecule has 16 heteroatoms. The molecule has 6 heterocycles. The van der Waals surface area contributed by atoms with Gasteiger partial charge in [-0.2, -0.15) is 15.8 Å². The molecule has 3 saturated heterocycles. The Bertz CT molecular complexity index is 2420. The van der Waals surface area contributed by atoms with Crippen LogP contribution < -0.4 is 20.7 Å². The second-order valence-electron chi connectivity index (χ2n) is 14.7. The van der Waals surface area contributed by atoms with E-state index < -0.39 is 0 Å². The molecule has 0 radical (unpaired) electrons. The lowest BCUT2D eigenvalue weighted by molar-refractivity contribution is -0.120. The molecule has 3 atom stereocenters. The van der Waals surface area contributed by atoms with Crippen LogP contribution in [0.2, 0.25) is 0 Å². The van der Waals surface area contributed by atoms with Gasteiger partial charge in [0.15, 0.2) is 18.6 Å². The van der Waals surface area contributed by atoms with Crippen molar-refractivity contribution in [2.75, 3.05) is 62.3 Å². The Morgan fingerprint density at radius 3 is 1.58 bits per heavy atom. The van der Waals surface area contributed by atoms with E-state index in [4.69, 9.17) is 20.5 Å². The lowest BCUT2D eigenvalue weighted by Gasteiger charge is -2.11. The van der Waals surface area contributed by atoms with Crippen LogP contribution in [0.4, 0.5) is 17.5 Å². The van der Waals surface area contributed by atoms with Crippen molar-refractivity contribution in [2.45, 2.75) is 19.3 Å². The fourth-order valence-corrected chi connectivity index (χ4v) is 7.03. The van der Waals surface area contributed by atoms with E-state index >= 15 is 0 Å². The lowest BCUT2D eigenvalue weighted by atomic mass is 10.1. The van der Waals surface area contributed by atoms with Crippen LogP contribution in [0.5, 0.6) is 5.75 Å². The van der Waals surface area contributed by atoms with Crippen molar-refractivity contribution in [1.82, 2.24) is 29.7 Å². The summed E-state index contributed by atoms with van der Waals surface area (Å²) < 4.78 is 5.05. The minimum atomic E-state index is -0.155. The first-order chi connectivity index (χ1) is 30.2. The molecule has 0 aliphatic carbocycles. The predicted octanol–water partition coefficient (Wildman–Crippen LogP) is 5.81. The zero-order valence-corrected chi connectivity index (χ0v) is 34.2. The third-order valence-electron chi connectivity index (χ3n) is 10.5. The highest BCUT2D eigenvalue weighted by molar-refractivity contribution is 5.93. The van der Waals surface area contributed by atoms with Crippen molar-refractivity contribution < 1.29 is 19.1 Å². The predicted molar refractivity (Wildman–Crippen MR) is 232 cm³/mol. The molecule has 0 bridgehead atoms. The smallest absolute Gasteiger partial charge is 0.230 e. The van der Waals surface area contributed by atoms with E-state index in [9.17, 15) is 14.4 Å². The van der Waals surface area contributed by atoms with Crippen molar-refractivity contribution in [3.05, 3.63) is 116 Å². The summed E-state index contributed by atoms with van der Waals surface area (Å²) in [6.45, 7) is 3.39. The quantitative estimate of drug-likeness (QED) is 0.150. The number of nitriles is 3. The van der Waals surface area contributed by atoms with Gasteiger partial charge in [0.25, 0.3) is 0 Å². The first-order valence-electron chi connectivity index (χ1n) is 20.2. The van der Waals surface area contributed by atoms with Crippen molar-refractivity contribution in [2.24, 2.45) is 17.8 Å². The molecular formula is C46H46N12O4. The van der Waals surface area contributed by atoms with Crippen LogP contribution in [-0.4, -0.2) is 93.8 Å². The summed E-state index contributed by atoms with van der Waals surface area (Å²) >= 11 is 0. The number of nitrogens with one attached hydrogen (secondary N) is 3. The summed E-state index contributed by atoms with van der Waals surface area (Å²) in [5.41, 5.74) is 3.93. The van der Waals surface area contributed by atoms with Gasteiger partial charge in [0.1, 0.15) is 23.2 Å². The highest BCUT2D eigenvalue weighted by atomic mass is 16.5. The molecule has 3 amide bonds. The second-order valence-corrected chi connectivity index (χ2v) is 14.7. The van der Waals surface area contributed by atoms with Crippen LogP contribution in [0, 0.1) is 52.1 Å². The third kappa shape index (κ3) is 12.3. The summed E-state index contributed by atoms with van der Waals surface area (Å²) in [6.07, 6.45) is 11.6. The van der Waals surface area contributed by atoms with Gasteiger partial charge >= 0.3 is 0 Å². The first-order valence-corrected chi connectivity index (χ1v) is 20.2. The Kier molecular flexibility index (Phi) is 15.3. The number of carbonyl (C=O) groups is 3. The van der Waals surface area contributed by atoms with Crippen LogP contribution in [-0.2, 0) is 14.4 Å². The Morgan fingerprint density at radius 2 is 1.10 bits per heavy atom. The number of methoxy groups -OCH3 is 1. The summed E-state index contributed by atoms with van der Waals surface area (Å²) in [5.74, 6) is 1.50. The number of aromatic nitrogens is 3. The van der Waals surface area contributed by atoms with E-state index in [2.05, 4.69) is 43.3 Å². The van der Waals surface area contributed by atoms with Gasteiger partial charge < -0.3 is 35.4 Å². The van der Waals surface area contributed by atoms with Gasteiger partial charge in [0.2, 0.25) is 17.7 Å². The monoisotopic (exact) mass is 830 g/mol. The van der Waals surface area contributed by atoms with Gasteiger partial charge in [-0.15, -0.1) is 0 Å². The van der Waals surface area contributed by atoms with Crippen molar-refractivity contribution in [1.29, 1.82) is 15.8 Å². The van der Waals surface area contributed by atoms with Crippen LogP contribution in [0.15, 0.2) is 116 Å². The van der Waals surface area contributed by atoms with E-state index in [1.165, 1.54) is 0 Å². The number of amides is 3. The van der Waals surface area contributed by atoms with E-state index in [1.54, 1.807) is 58.5 Å². The van der Waals surface area contributed by atoms with Crippen LogP contribution in [0.3, 0.4) is 0 Å². The number of hydrogen-bond donors (Lipinski definition) is 3. The van der Waals surface area contributed by atoms with E-state index in [-0.39, 0.29) is 35.5 Å². The fourth-order valence-electron chi connectivity index (χ4n) is 7.03. The Hall–Kier alpha value is -8.03. The Labute approximate surface area is 360 Å². The van der Waals surface area contributed by atoms with E-state index in [1.807, 2.05) is 85.1 Å². The molecule has 5 aromatic rings. The molecule has 0 unspecified atom stereocenters. The molecule has 2 aromatic carbocycles. The maximum Gasteiger partial charge on any atom is 0.230 e. The number of ether oxygens (including phenoxy) is 1. The van der Waals surface area contributed by atoms with Gasteiger partial charge in [-0.05, 0) is 55.2 Å². The maximum absolute atomic E-state index is 12.2. The number of anilines is 3. The molecule has 3 N–H and O–H groups in total. The number of likely N-dealkylation sites (tertiary alicyclic amines) is 3. The van der Waals surface area contributed by atoms with Gasteiger partial charge in [-0.3, -0.25) is 14.4 Å². The maximum atomic E-state index is 12.2. The third-order valence-corrected chi connectivity index (χ3v) is 10.5. The first kappa shape index (κ1) is 43.5. The molecule has 16 nitrogen and oxygen atoms in total. The topological polar surface area (TPSA) is 216 Å². The standard InChI is InChI=1S/2C17H16N4O.C12H14N4O2/c18-12-21-10-9-14(11-21)17(22)20-16-8-4-7-15(19-16)13-5-2-1-3-6-13;18-12-21-9-8-15(11-21)17(22)20-16-7-6-14(10-19-16)13-4-2-1-3-5-13;1-18-10-2-4-14-11(6-10)15-12(17)9-3-5-16(7-9)8-13/h1-8,14H,9-11H2,(H,19,20,22);1-7,10,15H,8-9,11H2,(H,19,20,22);2,4,6,9H,3,5,7H2,1H3,(H,14,15,17)/t14-;15-;9-/m000/s1. The highest BCUT2D eigenvalue weighted by Crippen LogP contribution is 2.23. The average Bonchev–Trinajstić information content (AvgIpc) is 4.13.